The van der Waals surface area contributed by atoms with Gasteiger partial charge in [-0.15, -0.1) is 0 Å². The molecule has 0 aliphatic heterocycles. The predicted octanol–water partition coefficient (Wildman–Crippen LogP) is 3.22. The molecule has 0 atom stereocenters. The Hall–Kier alpha value is -1.82. The highest BCUT2D eigenvalue weighted by Crippen LogP contribution is 2.26. The van der Waals surface area contributed by atoms with Crippen LogP contribution in [0.25, 0.3) is 0 Å². The fraction of sp³-hybridized carbons (Fsp3) is 0.571. The van der Waals surface area contributed by atoms with Crippen molar-refractivity contribution in [3.63, 3.8) is 0 Å². The highest BCUT2D eigenvalue weighted by Gasteiger charge is 2.10. The maximum atomic E-state index is 10.9. The molecule has 0 saturated heterocycles. The molecule has 0 bridgehead atoms. The fourth-order valence-electron chi connectivity index (χ4n) is 1.82. The third-order valence-corrected chi connectivity index (χ3v) is 2.77. The molecule has 0 heterocycles. The summed E-state index contributed by atoms with van der Waals surface area (Å²) < 4.78 is 10.3. The quantitative estimate of drug-likeness (QED) is 0.405. The lowest BCUT2D eigenvalue weighted by Crippen LogP contribution is -2.03. The van der Waals surface area contributed by atoms with E-state index in [-0.39, 0.29) is 5.69 Å². The van der Waals surface area contributed by atoms with Crippen LogP contribution in [0.2, 0.25) is 0 Å². The van der Waals surface area contributed by atoms with Gasteiger partial charge in [-0.3, -0.25) is 10.1 Å². The van der Waals surface area contributed by atoms with Crippen LogP contribution >= 0.6 is 0 Å². The Kier molecular flexibility index (Phi) is 7.42. The number of nitro groups is 1. The van der Waals surface area contributed by atoms with E-state index in [4.69, 9.17) is 9.47 Å². The summed E-state index contributed by atoms with van der Waals surface area (Å²) in [6.07, 6.45) is 3.08. The number of hydrogen-bond acceptors (Lipinski definition) is 5. The molecule has 0 radical (unpaired) electrons. The number of unbranched alkanes of at least 4 members (excludes halogenated alkanes) is 2. The van der Waals surface area contributed by atoms with Crippen LogP contribution in [0.15, 0.2) is 18.2 Å². The lowest BCUT2D eigenvalue weighted by molar-refractivity contribution is -0.384. The summed E-state index contributed by atoms with van der Waals surface area (Å²) in [6, 6.07) is 4.75. The first-order valence-electron chi connectivity index (χ1n) is 6.82. The Morgan fingerprint density at radius 2 is 2.05 bits per heavy atom. The molecule has 20 heavy (non-hydrogen) atoms. The highest BCUT2D eigenvalue weighted by molar-refractivity contribution is 5.56. The first kappa shape index (κ1) is 16.2. The van der Waals surface area contributed by atoms with Crippen molar-refractivity contribution in [2.45, 2.75) is 26.2 Å². The molecular formula is C14H22N2O4. The topological polar surface area (TPSA) is 73.6 Å². The molecule has 0 aliphatic rings. The summed E-state index contributed by atoms with van der Waals surface area (Å²) in [5.74, 6) is 0.517. The monoisotopic (exact) mass is 282 g/mol. The van der Waals surface area contributed by atoms with Crippen molar-refractivity contribution in [1.82, 2.24) is 0 Å². The zero-order valence-corrected chi connectivity index (χ0v) is 12.1. The van der Waals surface area contributed by atoms with E-state index in [1.807, 2.05) is 6.92 Å². The summed E-state index contributed by atoms with van der Waals surface area (Å²) in [5, 5.41) is 14.1. The molecule has 0 amide bonds. The number of methoxy groups -OCH3 is 1. The fourth-order valence-corrected chi connectivity index (χ4v) is 1.82. The standard InChI is InChI=1S/C14H22N2O4/c1-3-20-14-10-12(9-13(11-14)16(17)18)15-7-5-4-6-8-19-2/h9-11,15H,3-8H2,1-2H3. The van der Waals surface area contributed by atoms with Crippen LogP contribution in [-0.2, 0) is 4.74 Å². The van der Waals surface area contributed by atoms with E-state index in [0.29, 0.717) is 12.4 Å². The summed E-state index contributed by atoms with van der Waals surface area (Å²) >= 11 is 0. The van der Waals surface area contributed by atoms with Crippen molar-refractivity contribution in [1.29, 1.82) is 0 Å². The number of hydrogen-bond donors (Lipinski definition) is 1. The van der Waals surface area contributed by atoms with Crippen molar-refractivity contribution >= 4 is 11.4 Å². The van der Waals surface area contributed by atoms with E-state index in [9.17, 15) is 10.1 Å². The lowest BCUT2D eigenvalue weighted by atomic mass is 10.2. The van der Waals surface area contributed by atoms with Crippen LogP contribution in [-0.4, -0.2) is 31.8 Å². The van der Waals surface area contributed by atoms with Gasteiger partial charge in [0, 0.05) is 38.1 Å². The largest absolute Gasteiger partial charge is 0.494 e. The minimum absolute atomic E-state index is 0.0397. The highest BCUT2D eigenvalue weighted by atomic mass is 16.6. The van der Waals surface area contributed by atoms with Crippen molar-refractivity contribution in [2.75, 3.05) is 32.2 Å². The Balaban J connectivity index is 2.53. The second-order valence-electron chi connectivity index (χ2n) is 4.39. The first-order chi connectivity index (χ1) is 9.67. The molecule has 0 aromatic heterocycles. The molecule has 0 unspecified atom stereocenters. The number of ether oxygens (including phenoxy) is 2. The first-order valence-corrected chi connectivity index (χ1v) is 6.82. The maximum Gasteiger partial charge on any atom is 0.275 e. The molecule has 6 heteroatoms. The SMILES string of the molecule is CCOc1cc(NCCCCCOC)cc([N+](=O)[O-])c1. The minimum atomic E-state index is -0.410. The van der Waals surface area contributed by atoms with Crippen LogP contribution < -0.4 is 10.1 Å². The van der Waals surface area contributed by atoms with Gasteiger partial charge in [-0.25, -0.2) is 0 Å². The molecule has 0 fully saturated rings. The summed E-state index contributed by atoms with van der Waals surface area (Å²) in [5.41, 5.74) is 0.757. The van der Waals surface area contributed by atoms with Crippen molar-refractivity contribution in [3.8, 4) is 5.75 Å². The second kappa shape index (κ2) is 9.14. The molecule has 1 aromatic rings. The lowest BCUT2D eigenvalue weighted by Gasteiger charge is -2.09. The third kappa shape index (κ3) is 5.88. The molecule has 1 N–H and O–H groups in total. The van der Waals surface area contributed by atoms with Gasteiger partial charge in [0.05, 0.1) is 17.6 Å². The average molecular weight is 282 g/mol. The van der Waals surface area contributed by atoms with Crippen molar-refractivity contribution in [3.05, 3.63) is 28.3 Å². The zero-order chi connectivity index (χ0) is 14.8. The third-order valence-electron chi connectivity index (χ3n) is 2.77. The van der Waals surface area contributed by atoms with Gasteiger partial charge in [0.2, 0.25) is 0 Å². The normalized spacial score (nSPS) is 10.3. The van der Waals surface area contributed by atoms with Crippen LogP contribution in [0, 0.1) is 10.1 Å². The van der Waals surface area contributed by atoms with Crippen LogP contribution in [0.1, 0.15) is 26.2 Å². The zero-order valence-electron chi connectivity index (χ0n) is 12.1. The van der Waals surface area contributed by atoms with Gasteiger partial charge in [0.1, 0.15) is 5.75 Å². The number of nitro benzene ring substituents is 1. The molecule has 0 saturated carbocycles. The van der Waals surface area contributed by atoms with Crippen LogP contribution in [0.5, 0.6) is 5.75 Å². The van der Waals surface area contributed by atoms with E-state index < -0.39 is 4.92 Å². The molecule has 1 aromatic carbocycles. The number of benzene rings is 1. The van der Waals surface area contributed by atoms with Gasteiger partial charge >= 0.3 is 0 Å². The average Bonchev–Trinajstić information content (AvgIpc) is 2.43. The maximum absolute atomic E-state index is 10.9. The Morgan fingerprint density at radius 1 is 1.25 bits per heavy atom. The van der Waals surface area contributed by atoms with E-state index in [2.05, 4.69) is 5.32 Å². The number of nitrogens with zero attached hydrogens (tertiary/aromatic N) is 1. The van der Waals surface area contributed by atoms with Gasteiger partial charge in [-0.1, -0.05) is 0 Å². The molecule has 0 aliphatic carbocycles. The molecular weight excluding hydrogens is 260 g/mol. The molecule has 112 valence electrons. The Morgan fingerprint density at radius 3 is 2.70 bits per heavy atom. The van der Waals surface area contributed by atoms with E-state index >= 15 is 0 Å². The van der Waals surface area contributed by atoms with E-state index in [0.717, 1.165) is 38.1 Å². The van der Waals surface area contributed by atoms with Gasteiger partial charge in [-0.2, -0.15) is 0 Å². The smallest absolute Gasteiger partial charge is 0.275 e. The predicted molar refractivity (Wildman–Crippen MR) is 78.5 cm³/mol. The number of rotatable bonds is 10. The number of anilines is 1. The van der Waals surface area contributed by atoms with Crippen molar-refractivity contribution in [2.24, 2.45) is 0 Å². The van der Waals surface area contributed by atoms with Crippen LogP contribution in [0.4, 0.5) is 11.4 Å². The number of non-ortho nitro benzene ring substituents is 1. The van der Waals surface area contributed by atoms with Gasteiger partial charge in [0.25, 0.3) is 5.69 Å². The van der Waals surface area contributed by atoms with Gasteiger partial charge in [0.15, 0.2) is 0 Å². The minimum Gasteiger partial charge on any atom is -0.494 e. The van der Waals surface area contributed by atoms with E-state index in [1.165, 1.54) is 12.1 Å². The summed E-state index contributed by atoms with van der Waals surface area (Å²) in [7, 11) is 1.69. The Bertz CT molecular complexity index is 424. The van der Waals surface area contributed by atoms with E-state index in [1.54, 1.807) is 13.2 Å². The second-order valence-corrected chi connectivity index (χ2v) is 4.39. The number of nitrogens with one attached hydrogen (secondary N) is 1. The van der Waals surface area contributed by atoms with Gasteiger partial charge in [-0.05, 0) is 26.2 Å². The molecule has 1 rings (SSSR count). The summed E-state index contributed by atoms with van der Waals surface area (Å²) in [4.78, 5) is 10.5. The summed E-state index contributed by atoms with van der Waals surface area (Å²) in [6.45, 7) is 3.88. The molecule has 6 nitrogen and oxygen atoms in total. The molecule has 0 spiro atoms. The van der Waals surface area contributed by atoms with Crippen molar-refractivity contribution < 1.29 is 14.4 Å². The van der Waals surface area contributed by atoms with Gasteiger partial charge < -0.3 is 14.8 Å². The Labute approximate surface area is 119 Å². The van der Waals surface area contributed by atoms with Crippen LogP contribution in [0.3, 0.4) is 0 Å².